The molecule has 0 aliphatic heterocycles. The highest BCUT2D eigenvalue weighted by atomic mass is 16.4. The van der Waals surface area contributed by atoms with Crippen LogP contribution in [-0.2, 0) is 22.4 Å². The lowest BCUT2D eigenvalue weighted by molar-refractivity contribution is -0.131. The molecule has 0 unspecified atom stereocenters. The van der Waals surface area contributed by atoms with Crippen molar-refractivity contribution in [1.29, 1.82) is 0 Å². The molecule has 1 saturated carbocycles. The minimum Gasteiger partial charge on any atom is -0.465 e. The predicted molar refractivity (Wildman–Crippen MR) is 162 cm³/mol. The van der Waals surface area contributed by atoms with Crippen molar-refractivity contribution in [3.05, 3.63) is 66.8 Å². The van der Waals surface area contributed by atoms with Crippen LogP contribution in [0.1, 0.15) is 70.1 Å². The summed E-state index contributed by atoms with van der Waals surface area (Å²) in [4.78, 5) is 45.9. The molecule has 1 aromatic heterocycles. The lowest BCUT2D eigenvalue weighted by Gasteiger charge is -2.33. The summed E-state index contributed by atoms with van der Waals surface area (Å²) < 4.78 is 0. The minimum absolute atomic E-state index is 0.0890. The van der Waals surface area contributed by atoms with Gasteiger partial charge in [0, 0.05) is 19.0 Å². The normalized spacial score (nSPS) is 17.4. The first-order valence-corrected chi connectivity index (χ1v) is 15.1. The number of allylic oxidation sites excluding steroid dienone is 1. The second kappa shape index (κ2) is 16.7. The monoisotopic (exact) mass is 581 g/mol. The number of amides is 3. The number of rotatable bonds is 16. The van der Waals surface area contributed by atoms with Crippen LogP contribution < -0.4 is 16.0 Å². The molecule has 1 aliphatic carbocycles. The number of imidazole rings is 1. The van der Waals surface area contributed by atoms with E-state index in [1.54, 1.807) is 6.20 Å². The summed E-state index contributed by atoms with van der Waals surface area (Å²) in [6.45, 7) is 8.10. The van der Waals surface area contributed by atoms with E-state index in [0.717, 1.165) is 31.2 Å². The van der Waals surface area contributed by atoms with Gasteiger partial charge in [0.15, 0.2) is 0 Å². The zero-order valence-corrected chi connectivity index (χ0v) is 24.8. The fraction of sp³-hybridized carbons (Fsp3) is 0.562. The molecule has 2 aromatic rings. The van der Waals surface area contributed by atoms with Crippen LogP contribution in [-0.4, -0.2) is 62.3 Å². The van der Waals surface area contributed by atoms with Crippen LogP contribution in [0.3, 0.4) is 0 Å². The Morgan fingerprint density at radius 3 is 2.29 bits per heavy atom. The van der Waals surface area contributed by atoms with Crippen molar-refractivity contribution in [1.82, 2.24) is 25.9 Å². The smallest absolute Gasteiger partial charge is 0.405 e. The molecule has 10 nitrogen and oxygen atoms in total. The van der Waals surface area contributed by atoms with Crippen LogP contribution in [0.4, 0.5) is 4.79 Å². The molecule has 0 radical (unpaired) electrons. The van der Waals surface area contributed by atoms with Crippen LogP contribution in [0.15, 0.2) is 55.5 Å². The molecule has 3 amide bonds. The number of carbonyl (C=O) groups is 3. The third kappa shape index (κ3) is 10.6. The highest BCUT2D eigenvalue weighted by molar-refractivity contribution is 5.91. The number of nitrogens with one attached hydrogen (secondary N) is 4. The molecule has 5 atom stereocenters. The summed E-state index contributed by atoms with van der Waals surface area (Å²) in [5.41, 5.74) is 1.34. The first-order valence-electron chi connectivity index (χ1n) is 15.1. The van der Waals surface area contributed by atoms with Gasteiger partial charge in [0.2, 0.25) is 11.8 Å². The third-order valence-electron chi connectivity index (χ3n) is 8.27. The number of aromatic nitrogens is 2. The fourth-order valence-electron chi connectivity index (χ4n) is 5.76. The van der Waals surface area contributed by atoms with Gasteiger partial charge in [-0.3, -0.25) is 9.59 Å². The van der Waals surface area contributed by atoms with Gasteiger partial charge in [0.05, 0.1) is 24.2 Å². The number of H-pyrrole nitrogens is 1. The van der Waals surface area contributed by atoms with Gasteiger partial charge in [-0.05, 0) is 36.2 Å². The van der Waals surface area contributed by atoms with Crippen molar-refractivity contribution in [2.45, 2.75) is 95.9 Å². The van der Waals surface area contributed by atoms with Crippen molar-refractivity contribution in [2.24, 2.45) is 17.8 Å². The number of aliphatic hydroxyl groups is 1. The average molecular weight is 582 g/mol. The molecule has 1 heterocycles. The molecule has 6 N–H and O–H groups in total. The maximum absolute atomic E-state index is 13.8. The van der Waals surface area contributed by atoms with Crippen LogP contribution in [0.5, 0.6) is 0 Å². The van der Waals surface area contributed by atoms with E-state index in [-0.39, 0.29) is 24.7 Å². The predicted octanol–water partition coefficient (Wildman–Crippen LogP) is 3.98. The van der Waals surface area contributed by atoms with Gasteiger partial charge in [-0.25, -0.2) is 9.78 Å². The van der Waals surface area contributed by atoms with Crippen LogP contribution in [0.25, 0.3) is 0 Å². The SMILES string of the molecule is C=C[C@@H](C[C@H](O)[C@H](CC1CCCCC1)NC(=O)[C@H](Cc1c[nH]cn1)NC(=O)[C@H](Cc1ccccc1)NC(=O)O)C(C)C. The molecule has 0 bridgehead atoms. The van der Waals surface area contributed by atoms with E-state index in [2.05, 4.69) is 46.3 Å². The summed E-state index contributed by atoms with van der Waals surface area (Å²) in [5, 5.41) is 28.9. The Morgan fingerprint density at radius 1 is 1.02 bits per heavy atom. The average Bonchev–Trinajstić information content (AvgIpc) is 3.48. The van der Waals surface area contributed by atoms with E-state index in [0.29, 0.717) is 24.5 Å². The molecule has 42 heavy (non-hydrogen) atoms. The zero-order valence-electron chi connectivity index (χ0n) is 24.8. The number of benzene rings is 1. The Bertz CT molecular complexity index is 1120. The molecule has 1 aromatic carbocycles. The van der Waals surface area contributed by atoms with E-state index in [4.69, 9.17) is 0 Å². The van der Waals surface area contributed by atoms with Crippen LogP contribution in [0.2, 0.25) is 0 Å². The van der Waals surface area contributed by atoms with E-state index < -0.39 is 42.1 Å². The van der Waals surface area contributed by atoms with Crippen molar-refractivity contribution >= 4 is 17.9 Å². The summed E-state index contributed by atoms with van der Waals surface area (Å²) in [6, 6.07) is 6.44. The van der Waals surface area contributed by atoms with Crippen molar-refractivity contribution < 1.29 is 24.6 Å². The molecular formula is C32H47N5O5. The van der Waals surface area contributed by atoms with Crippen LogP contribution >= 0.6 is 0 Å². The highest BCUT2D eigenvalue weighted by Gasteiger charge is 2.32. The molecule has 0 spiro atoms. The number of carboxylic acid groups (broad SMARTS) is 1. The maximum atomic E-state index is 13.8. The molecule has 230 valence electrons. The largest absolute Gasteiger partial charge is 0.465 e. The van der Waals surface area contributed by atoms with E-state index in [1.165, 1.54) is 12.7 Å². The molecule has 0 saturated heterocycles. The van der Waals surface area contributed by atoms with Gasteiger partial charge in [-0.1, -0.05) is 82.4 Å². The number of carbonyl (C=O) groups excluding carboxylic acids is 2. The number of nitrogens with zero attached hydrogens (tertiary/aromatic N) is 1. The summed E-state index contributed by atoms with van der Waals surface area (Å²) in [5.74, 6) is -0.286. The number of aliphatic hydroxyl groups excluding tert-OH is 1. The zero-order chi connectivity index (χ0) is 30.5. The molecule has 3 rings (SSSR count). The summed E-state index contributed by atoms with van der Waals surface area (Å²) >= 11 is 0. The molecule has 1 fully saturated rings. The first-order chi connectivity index (χ1) is 20.2. The Morgan fingerprint density at radius 2 is 1.69 bits per heavy atom. The van der Waals surface area contributed by atoms with Gasteiger partial charge in [0.25, 0.3) is 0 Å². The van der Waals surface area contributed by atoms with E-state index in [9.17, 15) is 24.6 Å². The fourth-order valence-corrected chi connectivity index (χ4v) is 5.76. The minimum atomic E-state index is -1.34. The summed E-state index contributed by atoms with van der Waals surface area (Å²) in [6.07, 6.45) is 9.81. The standard InChI is InChI=1S/C32H47N5O5/c1-4-24(21(2)3)17-29(38)26(15-22-11-7-5-8-12-22)35-31(40)28(18-25-19-33-20-34-25)36-30(39)27(37-32(41)42)16-23-13-9-6-10-14-23/h4,6,9-10,13-14,19-22,24,26-29,37-38H,1,5,7-8,11-12,15-18H2,2-3H3,(H,33,34)(H,35,40)(H,36,39)(H,41,42)/t24-,26-,27-,28-,29-/m0/s1. The van der Waals surface area contributed by atoms with E-state index in [1.807, 2.05) is 36.4 Å². The maximum Gasteiger partial charge on any atom is 0.405 e. The topological polar surface area (TPSA) is 156 Å². The van der Waals surface area contributed by atoms with Gasteiger partial charge in [-0.2, -0.15) is 0 Å². The number of hydrogen-bond donors (Lipinski definition) is 6. The first kappa shape index (κ1) is 32.8. The molecule has 10 heteroatoms. The Hall–Kier alpha value is -3.66. The summed E-state index contributed by atoms with van der Waals surface area (Å²) in [7, 11) is 0. The highest BCUT2D eigenvalue weighted by Crippen LogP contribution is 2.29. The quantitative estimate of drug-likeness (QED) is 0.165. The van der Waals surface area contributed by atoms with Gasteiger partial charge in [-0.15, -0.1) is 6.58 Å². The lowest BCUT2D eigenvalue weighted by atomic mass is 9.81. The second-order valence-electron chi connectivity index (χ2n) is 11.8. The second-order valence-corrected chi connectivity index (χ2v) is 11.8. The molecule has 1 aliphatic rings. The Kier molecular flexibility index (Phi) is 13.1. The number of hydrogen-bond acceptors (Lipinski definition) is 5. The van der Waals surface area contributed by atoms with Crippen molar-refractivity contribution in [2.75, 3.05) is 0 Å². The van der Waals surface area contributed by atoms with Gasteiger partial charge < -0.3 is 31.1 Å². The van der Waals surface area contributed by atoms with Gasteiger partial charge >= 0.3 is 6.09 Å². The van der Waals surface area contributed by atoms with Crippen LogP contribution in [0, 0.1) is 17.8 Å². The number of aromatic amines is 1. The van der Waals surface area contributed by atoms with E-state index >= 15 is 0 Å². The Labute approximate surface area is 248 Å². The van der Waals surface area contributed by atoms with Crippen molar-refractivity contribution in [3.8, 4) is 0 Å². The third-order valence-corrected chi connectivity index (χ3v) is 8.27. The molecular weight excluding hydrogens is 534 g/mol. The van der Waals surface area contributed by atoms with Gasteiger partial charge in [0.1, 0.15) is 12.1 Å². The lowest BCUT2D eigenvalue weighted by Crippen LogP contribution is -2.57. The van der Waals surface area contributed by atoms with Crippen molar-refractivity contribution in [3.63, 3.8) is 0 Å². The Balaban J connectivity index is 1.80.